The molecule has 6 atom stereocenters. The van der Waals surface area contributed by atoms with Gasteiger partial charge in [0.1, 0.15) is 5.82 Å². The summed E-state index contributed by atoms with van der Waals surface area (Å²) < 4.78 is 13.1. The smallest absolute Gasteiger partial charge is 0.123 e. The molecule has 30 heavy (non-hydrogen) atoms. The molecule has 5 rings (SSSR count). The molecule has 4 heteroatoms. The first-order chi connectivity index (χ1) is 14.4. The molecule has 4 aliphatic rings. The van der Waals surface area contributed by atoms with Crippen molar-refractivity contribution >= 4 is 11.9 Å². The van der Waals surface area contributed by atoms with Crippen molar-refractivity contribution in [3.8, 4) is 0 Å². The summed E-state index contributed by atoms with van der Waals surface area (Å²) in [6.07, 6.45) is 12.9. The Morgan fingerprint density at radius 3 is 2.57 bits per heavy atom. The van der Waals surface area contributed by atoms with E-state index < -0.39 is 0 Å². The molecule has 1 N–H and O–H groups in total. The summed E-state index contributed by atoms with van der Waals surface area (Å²) in [5.41, 5.74) is 4.09. The average Bonchev–Trinajstić information content (AvgIpc) is 3.06. The van der Waals surface area contributed by atoms with Crippen LogP contribution in [0.1, 0.15) is 70.8 Å². The van der Waals surface area contributed by atoms with Crippen molar-refractivity contribution in [1.29, 1.82) is 0 Å². The van der Waals surface area contributed by atoms with Crippen molar-refractivity contribution in [2.75, 3.05) is 0 Å². The number of nitrogens with zero attached hydrogens (tertiary/aromatic N) is 2. The molecule has 1 aromatic carbocycles. The minimum absolute atomic E-state index is 0.140. The summed E-state index contributed by atoms with van der Waals surface area (Å²) in [7, 11) is 0. The first-order valence-corrected chi connectivity index (χ1v) is 11.6. The number of benzene rings is 1. The Bertz CT molecular complexity index is 904. The van der Waals surface area contributed by atoms with Gasteiger partial charge in [-0.2, -0.15) is 10.2 Å². The minimum atomic E-state index is -0.229. The van der Waals surface area contributed by atoms with Crippen LogP contribution in [-0.4, -0.2) is 23.1 Å². The Morgan fingerprint density at radius 2 is 1.77 bits per heavy atom. The lowest BCUT2D eigenvalue weighted by Crippen LogP contribution is -2.50. The van der Waals surface area contributed by atoms with E-state index in [4.69, 9.17) is 0 Å². The van der Waals surface area contributed by atoms with Crippen LogP contribution in [0.5, 0.6) is 0 Å². The van der Waals surface area contributed by atoms with E-state index in [-0.39, 0.29) is 22.8 Å². The Kier molecular flexibility index (Phi) is 4.96. The van der Waals surface area contributed by atoms with Gasteiger partial charge in [0.2, 0.25) is 0 Å². The number of aliphatic hydroxyl groups excluding tert-OH is 1. The van der Waals surface area contributed by atoms with Crippen molar-refractivity contribution in [2.24, 2.45) is 38.8 Å². The predicted molar refractivity (Wildman–Crippen MR) is 119 cm³/mol. The summed E-state index contributed by atoms with van der Waals surface area (Å²) in [4.78, 5) is 0. The van der Waals surface area contributed by atoms with E-state index in [1.165, 1.54) is 42.7 Å². The topological polar surface area (TPSA) is 45.0 Å². The molecule has 0 amide bonds. The van der Waals surface area contributed by atoms with Crippen LogP contribution >= 0.6 is 0 Å². The van der Waals surface area contributed by atoms with Crippen LogP contribution in [0.25, 0.3) is 0 Å². The van der Waals surface area contributed by atoms with E-state index in [0.29, 0.717) is 5.92 Å². The largest absolute Gasteiger partial charge is 0.393 e. The average molecular weight is 409 g/mol. The Balaban J connectivity index is 1.37. The van der Waals surface area contributed by atoms with E-state index in [1.54, 1.807) is 18.3 Å². The normalized spacial score (nSPS) is 42.0. The molecule has 0 heterocycles. The number of fused-ring (bicyclic) bond motifs is 5. The van der Waals surface area contributed by atoms with E-state index in [1.807, 2.05) is 0 Å². The summed E-state index contributed by atoms with van der Waals surface area (Å²) >= 11 is 0. The van der Waals surface area contributed by atoms with Crippen molar-refractivity contribution < 1.29 is 9.50 Å². The van der Waals surface area contributed by atoms with Gasteiger partial charge in [-0.1, -0.05) is 37.6 Å². The first-order valence-electron chi connectivity index (χ1n) is 11.6. The number of hydrogen-bond acceptors (Lipinski definition) is 3. The highest BCUT2D eigenvalue weighted by atomic mass is 19.1. The fourth-order valence-corrected chi connectivity index (χ4v) is 7.31. The number of aliphatic hydroxyl groups is 1. The minimum Gasteiger partial charge on any atom is -0.393 e. The van der Waals surface area contributed by atoms with Gasteiger partial charge in [-0.25, -0.2) is 4.39 Å². The van der Waals surface area contributed by atoms with Crippen molar-refractivity contribution in [3.05, 3.63) is 47.3 Å². The molecular weight excluding hydrogens is 375 g/mol. The van der Waals surface area contributed by atoms with Gasteiger partial charge < -0.3 is 5.11 Å². The Morgan fingerprint density at radius 1 is 1.03 bits per heavy atom. The third-order valence-corrected chi connectivity index (χ3v) is 9.07. The molecule has 0 aromatic heterocycles. The molecule has 0 unspecified atom stereocenters. The zero-order chi connectivity index (χ0) is 20.9. The first kappa shape index (κ1) is 20.1. The lowest BCUT2D eigenvalue weighted by molar-refractivity contribution is -0.0209. The van der Waals surface area contributed by atoms with E-state index in [9.17, 15) is 9.50 Å². The number of hydrogen-bond donors (Lipinski definition) is 1. The maximum atomic E-state index is 13.1. The molecule has 0 spiro atoms. The second-order valence-corrected chi connectivity index (χ2v) is 10.5. The maximum Gasteiger partial charge on any atom is 0.123 e. The summed E-state index contributed by atoms with van der Waals surface area (Å²) in [5.74, 6) is 1.91. The third-order valence-electron chi connectivity index (χ3n) is 9.07. The van der Waals surface area contributed by atoms with Crippen LogP contribution in [0, 0.1) is 34.4 Å². The van der Waals surface area contributed by atoms with Crippen molar-refractivity contribution in [1.82, 2.24) is 0 Å². The lowest BCUT2D eigenvalue weighted by atomic mass is 9.48. The third kappa shape index (κ3) is 3.19. The standard InChI is InChI=1S/C26H33FN2O/c1-25-13-11-20(30)15-18(25)5-8-21-22-9-10-24(26(22,2)14-12-23(21)25)29-28-16-17-3-6-19(27)7-4-17/h3-7,16,20-23,30H,8-15H2,1-2H3/b28-16-,29-24-/t20-,21+,22-,23-,25-,26-/m0/s1. The highest BCUT2D eigenvalue weighted by Crippen LogP contribution is 2.64. The van der Waals surface area contributed by atoms with Gasteiger partial charge in [0.25, 0.3) is 0 Å². The van der Waals surface area contributed by atoms with Crippen LogP contribution in [0.2, 0.25) is 0 Å². The summed E-state index contributed by atoms with van der Waals surface area (Å²) in [6.45, 7) is 4.89. The molecule has 160 valence electrons. The Labute approximate surface area is 179 Å². The van der Waals surface area contributed by atoms with Gasteiger partial charge in [0.15, 0.2) is 0 Å². The van der Waals surface area contributed by atoms with Gasteiger partial charge in [0, 0.05) is 11.1 Å². The fraction of sp³-hybridized carbons (Fsp3) is 0.615. The lowest BCUT2D eigenvalue weighted by Gasteiger charge is -2.57. The SMILES string of the molecule is C[C@]12CC[C@H](O)CC1=CC[C@H]1[C@@H]2CC[C@]2(C)/C(=N\N=C/c3ccc(F)cc3)CC[C@@H]12. The van der Waals surface area contributed by atoms with Gasteiger partial charge in [-0.05, 0) is 92.2 Å². The molecule has 3 saturated carbocycles. The van der Waals surface area contributed by atoms with Crippen LogP contribution in [-0.2, 0) is 0 Å². The van der Waals surface area contributed by atoms with Crippen LogP contribution < -0.4 is 0 Å². The fourth-order valence-electron chi connectivity index (χ4n) is 7.31. The molecule has 3 fully saturated rings. The van der Waals surface area contributed by atoms with E-state index in [0.717, 1.165) is 49.5 Å². The van der Waals surface area contributed by atoms with Gasteiger partial charge >= 0.3 is 0 Å². The molecule has 0 bridgehead atoms. The monoisotopic (exact) mass is 408 g/mol. The second kappa shape index (κ2) is 7.40. The molecule has 0 radical (unpaired) electrons. The van der Waals surface area contributed by atoms with Gasteiger partial charge in [-0.3, -0.25) is 0 Å². The van der Waals surface area contributed by atoms with Crippen molar-refractivity contribution in [3.63, 3.8) is 0 Å². The van der Waals surface area contributed by atoms with Gasteiger partial charge in [-0.15, -0.1) is 0 Å². The predicted octanol–water partition coefficient (Wildman–Crippen LogP) is 5.92. The zero-order valence-corrected chi connectivity index (χ0v) is 18.1. The van der Waals surface area contributed by atoms with E-state index in [2.05, 4.69) is 30.1 Å². The van der Waals surface area contributed by atoms with Crippen LogP contribution in [0.15, 0.2) is 46.1 Å². The molecule has 4 aliphatic carbocycles. The van der Waals surface area contributed by atoms with Crippen molar-refractivity contribution in [2.45, 2.75) is 71.3 Å². The van der Waals surface area contributed by atoms with E-state index >= 15 is 0 Å². The highest BCUT2D eigenvalue weighted by Gasteiger charge is 2.57. The molecule has 0 aliphatic heterocycles. The number of allylic oxidation sites excluding steroid dienone is 1. The Hall–Kier alpha value is -1.81. The summed E-state index contributed by atoms with van der Waals surface area (Å²) in [5, 5.41) is 19.2. The van der Waals surface area contributed by atoms with Crippen LogP contribution in [0.4, 0.5) is 4.39 Å². The second-order valence-electron chi connectivity index (χ2n) is 10.5. The quantitative estimate of drug-likeness (QED) is 0.368. The highest BCUT2D eigenvalue weighted by molar-refractivity contribution is 5.93. The molecule has 3 nitrogen and oxygen atoms in total. The molecular formula is C26H33FN2O. The number of rotatable bonds is 2. The maximum absolute atomic E-state index is 13.1. The van der Waals surface area contributed by atoms with Crippen LogP contribution in [0.3, 0.4) is 0 Å². The molecule has 0 saturated heterocycles. The number of halogens is 1. The molecule has 1 aromatic rings. The zero-order valence-electron chi connectivity index (χ0n) is 18.1. The summed E-state index contributed by atoms with van der Waals surface area (Å²) in [6, 6.07) is 6.38. The van der Waals surface area contributed by atoms with Gasteiger partial charge in [0.05, 0.1) is 12.3 Å².